The lowest BCUT2D eigenvalue weighted by Crippen LogP contribution is -2.21. The van der Waals surface area contributed by atoms with Gasteiger partial charge in [0.25, 0.3) is 0 Å². The standard InChI is InChI=1S/C6H6Cl3N2O3P/c7-3-1-4(8)6(9)5(2-3)14-15(12,13)11-10/h1-2H,10H2,(H2,11,12,13). The molecule has 0 aliphatic carbocycles. The fourth-order valence-corrected chi connectivity index (χ4v) is 1.90. The lowest BCUT2D eigenvalue weighted by Gasteiger charge is -2.13. The van der Waals surface area contributed by atoms with Crippen LogP contribution in [0.3, 0.4) is 0 Å². The quantitative estimate of drug-likeness (QED) is 0.345. The Labute approximate surface area is 101 Å². The molecule has 1 unspecified atom stereocenters. The predicted octanol–water partition coefficient (Wildman–Crippen LogP) is 2.59. The van der Waals surface area contributed by atoms with Gasteiger partial charge >= 0.3 is 7.75 Å². The van der Waals surface area contributed by atoms with Crippen molar-refractivity contribution in [2.24, 2.45) is 5.84 Å². The molecule has 0 amide bonds. The summed E-state index contributed by atoms with van der Waals surface area (Å²) in [6.45, 7) is 0. The van der Waals surface area contributed by atoms with E-state index in [9.17, 15) is 4.57 Å². The first-order valence-corrected chi connectivity index (χ1v) is 6.21. The zero-order valence-corrected chi connectivity index (χ0v) is 10.2. The zero-order chi connectivity index (χ0) is 11.6. The third-order valence-corrected chi connectivity index (χ3v) is 3.12. The van der Waals surface area contributed by atoms with Crippen molar-refractivity contribution in [3.05, 3.63) is 27.2 Å². The third kappa shape index (κ3) is 3.50. The van der Waals surface area contributed by atoms with Crippen LogP contribution in [0, 0.1) is 0 Å². The zero-order valence-electron chi connectivity index (χ0n) is 7.08. The van der Waals surface area contributed by atoms with Gasteiger partial charge in [-0.05, 0) is 6.07 Å². The predicted molar refractivity (Wildman–Crippen MR) is 59.2 cm³/mol. The van der Waals surface area contributed by atoms with Gasteiger partial charge in [-0.15, -0.1) is 0 Å². The van der Waals surface area contributed by atoms with Crippen molar-refractivity contribution in [2.75, 3.05) is 0 Å². The molecule has 5 nitrogen and oxygen atoms in total. The Balaban J connectivity index is 3.10. The molecule has 1 aromatic carbocycles. The van der Waals surface area contributed by atoms with Crippen LogP contribution in [0.15, 0.2) is 12.1 Å². The van der Waals surface area contributed by atoms with Crippen molar-refractivity contribution < 1.29 is 14.0 Å². The number of hydrogen-bond donors (Lipinski definition) is 3. The summed E-state index contributed by atoms with van der Waals surface area (Å²) in [4.78, 5) is 9.04. The van der Waals surface area contributed by atoms with Crippen molar-refractivity contribution in [1.29, 1.82) is 0 Å². The molecule has 0 aromatic heterocycles. The van der Waals surface area contributed by atoms with E-state index in [2.05, 4.69) is 4.52 Å². The maximum Gasteiger partial charge on any atom is 0.469 e. The molecule has 15 heavy (non-hydrogen) atoms. The molecule has 0 saturated carbocycles. The van der Waals surface area contributed by atoms with Crippen molar-refractivity contribution in [3.63, 3.8) is 0 Å². The highest BCUT2D eigenvalue weighted by Crippen LogP contribution is 2.43. The molecule has 0 heterocycles. The first kappa shape index (κ1) is 13.1. The summed E-state index contributed by atoms with van der Waals surface area (Å²) in [5.41, 5.74) is 0. The summed E-state index contributed by atoms with van der Waals surface area (Å²) in [5.74, 6) is 4.66. The molecule has 4 N–H and O–H groups in total. The van der Waals surface area contributed by atoms with Crippen LogP contribution in [0.4, 0.5) is 0 Å². The molecule has 0 spiro atoms. The summed E-state index contributed by atoms with van der Waals surface area (Å²) in [6.07, 6.45) is 0. The molecule has 0 bridgehead atoms. The number of nitrogens with one attached hydrogen (secondary N) is 1. The molecule has 1 aromatic rings. The first-order valence-electron chi connectivity index (χ1n) is 3.50. The highest BCUT2D eigenvalue weighted by molar-refractivity contribution is 7.50. The van der Waals surface area contributed by atoms with E-state index < -0.39 is 7.75 Å². The monoisotopic (exact) mass is 290 g/mol. The minimum atomic E-state index is -4.14. The van der Waals surface area contributed by atoms with Crippen LogP contribution in [0.25, 0.3) is 0 Å². The van der Waals surface area contributed by atoms with E-state index in [1.165, 1.54) is 12.1 Å². The summed E-state index contributed by atoms with van der Waals surface area (Å²) in [5, 5.41) is 1.90. The van der Waals surface area contributed by atoms with Crippen LogP contribution in [-0.4, -0.2) is 4.89 Å². The number of rotatable bonds is 3. The maximum absolute atomic E-state index is 11.1. The topological polar surface area (TPSA) is 84.6 Å². The van der Waals surface area contributed by atoms with Crippen molar-refractivity contribution in [3.8, 4) is 5.75 Å². The molecule has 0 aliphatic rings. The second-order valence-electron chi connectivity index (χ2n) is 2.44. The van der Waals surface area contributed by atoms with Crippen molar-refractivity contribution in [1.82, 2.24) is 5.20 Å². The van der Waals surface area contributed by atoms with E-state index in [-0.39, 0.29) is 20.8 Å². The lowest BCUT2D eigenvalue weighted by molar-refractivity contribution is 0.365. The van der Waals surface area contributed by atoms with E-state index in [0.29, 0.717) is 0 Å². The van der Waals surface area contributed by atoms with Gasteiger partial charge in [-0.3, -0.25) is 5.84 Å². The minimum absolute atomic E-state index is 0.0226. The Bertz CT molecular complexity index is 428. The average molecular weight is 291 g/mol. The Kier molecular flexibility index (Phi) is 4.26. The number of nitrogens with two attached hydrogens (primary N) is 1. The molecule has 0 aliphatic heterocycles. The van der Waals surface area contributed by atoms with E-state index >= 15 is 0 Å². The Morgan fingerprint density at radius 2 is 2.00 bits per heavy atom. The Morgan fingerprint density at radius 1 is 1.40 bits per heavy atom. The van der Waals surface area contributed by atoms with Crippen molar-refractivity contribution >= 4 is 42.5 Å². The van der Waals surface area contributed by atoms with Gasteiger partial charge in [0.1, 0.15) is 5.02 Å². The normalized spacial score (nSPS) is 14.7. The molecule has 1 rings (SSSR count). The molecule has 1 atom stereocenters. The summed E-state index contributed by atoms with van der Waals surface area (Å²) < 4.78 is 15.7. The van der Waals surface area contributed by atoms with Gasteiger partial charge in [-0.2, -0.15) is 5.20 Å². The fourth-order valence-electron chi connectivity index (χ4n) is 0.758. The summed E-state index contributed by atoms with van der Waals surface area (Å²) in [7, 11) is -4.14. The third-order valence-electron chi connectivity index (χ3n) is 1.34. The second kappa shape index (κ2) is 4.89. The molecule has 9 heteroatoms. The summed E-state index contributed by atoms with van der Waals surface area (Å²) in [6, 6.07) is 2.62. The van der Waals surface area contributed by atoms with Crippen LogP contribution in [-0.2, 0) is 4.57 Å². The minimum Gasteiger partial charge on any atom is -0.411 e. The summed E-state index contributed by atoms with van der Waals surface area (Å²) >= 11 is 17.0. The van der Waals surface area contributed by atoms with Crippen LogP contribution >= 0.6 is 42.5 Å². The highest BCUT2D eigenvalue weighted by Gasteiger charge is 2.21. The highest BCUT2D eigenvalue weighted by atomic mass is 35.5. The molecule has 84 valence electrons. The SMILES string of the molecule is NNP(=O)(O)Oc1cc(Cl)cc(Cl)c1Cl. The number of benzene rings is 1. The van der Waals surface area contributed by atoms with Crippen LogP contribution < -0.4 is 15.6 Å². The Morgan fingerprint density at radius 3 is 2.53 bits per heavy atom. The Hall–Kier alpha value is -0.000000000000000167. The fraction of sp³-hybridized carbons (Fsp3) is 0. The van der Waals surface area contributed by atoms with Gasteiger partial charge < -0.3 is 9.42 Å². The number of halogens is 3. The number of hydrazine groups is 1. The van der Waals surface area contributed by atoms with Crippen LogP contribution in [0.2, 0.25) is 15.1 Å². The maximum atomic E-state index is 11.1. The first-order chi connectivity index (χ1) is 6.85. The van der Waals surface area contributed by atoms with Crippen LogP contribution in [0.1, 0.15) is 0 Å². The van der Waals surface area contributed by atoms with Gasteiger partial charge in [0.2, 0.25) is 0 Å². The van der Waals surface area contributed by atoms with Gasteiger partial charge in [-0.1, -0.05) is 34.8 Å². The average Bonchev–Trinajstić information content (AvgIpc) is 2.13. The van der Waals surface area contributed by atoms with Crippen LogP contribution in [0.5, 0.6) is 5.75 Å². The second-order valence-corrected chi connectivity index (χ2v) is 5.14. The van der Waals surface area contributed by atoms with Gasteiger partial charge in [0.15, 0.2) is 5.75 Å². The molecule has 0 radical (unpaired) electrons. The van der Waals surface area contributed by atoms with Crippen molar-refractivity contribution in [2.45, 2.75) is 0 Å². The largest absolute Gasteiger partial charge is 0.469 e. The molecule has 0 fully saturated rings. The van der Waals surface area contributed by atoms with E-state index in [1.54, 1.807) is 5.20 Å². The van der Waals surface area contributed by atoms with Gasteiger partial charge in [-0.25, -0.2) is 4.57 Å². The van der Waals surface area contributed by atoms with E-state index in [1.807, 2.05) is 0 Å². The smallest absolute Gasteiger partial charge is 0.411 e. The molecular weight excluding hydrogens is 285 g/mol. The molecular formula is C6H6Cl3N2O3P. The van der Waals surface area contributed by atoms with E-state index in [4.69, 9.17) is 45.5 Å². The number of hydrogen-bond acceptors (Lipinski definition) is 3. The van der Waals surface area contributed by atoms with Gasteiger partial charge in [0, 0.05) is 11.1 Å². The lowest BCUT2D eigenvalue weighted by atomic mass is 10.3. The molecule has 0 saturated heterocycles. The van der Waals surface area contributed by atoms with E-state index in [0.717, 1.165) is 0 Å². The van der Waals surface area contributed by atoms with Gasteiger partial charge in [0.05, 0.1) is 5.02 Å².